The lowest BCUT2D eigenvalue weighted by Gasteiger charge is -2.29. The molecule has 0 aliphatic rings. The molecule has 362 valence electrons. The lowest BCUT2D eigenvalue weighted by atomic mass is 9.97. The Bertz CT molecular complexity index is 2000. The molecule has 0 saturated carbocycles. The summed E-state index contributed by atoms with van der Waals surface area (Å²) in [4.78, 5) is 128. The van der Waals surface area contributed by atoms with Crippen molar-refractivity contribution in [2.75, 3.05) is 6.54 Å². The predicted octanol–water partition coefficient (Wildman–Crippen LogP) is -1.67. The Kier molecular flexibility index (Phi) is 22.9. The summed E-state index contributed by atoms with van der Waals surface area (Å²) in [5, 5.41) is 56.8. The Morgan fingerprint density at radius 3 is 1.55 bits per heavy atom. The van der Waals surface area contributed by atoms with Crippen LogP contribution in [0.3, 0.4) is 0 Å². The van der Waals surface area contributed by atoms with E-state index in [1.54, 1.807) is 88.4 Å². The second-order valence-electron chi connectivity index (χ2n) is 16.4. The SMILES string of the molecule is CC(C)C[C@H](NC(=O)[C@@H](NC(=O)CN)C(C)C)C(=O)N[C@@H](Cc1ccccc1)[C@@H](O)C(=O)N[C@@H](CC(=O)O)C(=O)N[C@@H](C)C(=O)N[C@@H](CCC(=O)O)C(=O)N[C@@H](Cc1ccccc1)C(=O)O. The maximum atomic E-state index is 13.9. The fourth-order valence-corrected chi connectivity index (χ4v) is 6.48. The minimum absolute atomic E-state index is 0.0856. The van der Waals surface area contributed by atoms with Crippen LogP contribution in [-0.4, -0.2) is 135 Å². The van der Waals surface area contributed by atoms with Crippen LogP contribution in [0.1, 0.15) is 71.4 Å². The van der Waals surface area contributed by atoms with Crippen molar-refractivity contribution in [2.24, 2.45) is 17.6 Å². The highest BCUT2D eigenvalue weighted by Gasteiger charge is 2.36. The molecule has 2 aromatic rings. The van der Waals surface area contributed by atoms with Gasteiger partial charge in [0.05, 0.1) is 19.0 Å². The molecule has 22 nitrogen and oxygen atoms in total. The summed E-state index contributed by atoms with van der Waals surface area (Å²) < 4.78 is 0. The van der Waals surface area contributed by atoms with E-state index < -0.39 is 133 Å². The number of amides is 7. The molecule has 13 N–H and O–H groups in total. The standard InChI is InChI=1S/C44H62N8O14/c1-23(2)18-30(49-42(63)36(24(3)4)52-33(53)22-45)41(62)48-29(19-26-12-8-6-9-13-26)37(58)43(64)50-31(21-35(56)57)40(61)46-25(5)38(59)47-28(16-17-34(54)55)39(60)51-32(44(65)66)20-27-14-10-7-11-15-27/h6-15,23-25,28-32,36-37,58H,16-22,45H2,1-5H3,(H,46,61)(H,47,59)(H,48,62)(H,49,63)(H,50,64)(H,51,60)(H,52,53)(H,54,55)(H,56,57)(H,65,66)/t25-,28-,29-,30-,31-,32-,36-,37+/m0/s1. The van der Waals surface area contributed by atoms with Gasteiger partial charge in [-0.3, -0.25) is 43.2 Å². The van der Waals surface area contributed by atoms with E-state index in [-0.39, 0.29) is 31.7 Å². The van der Waals surface area contributed by atoms with E-state index >= 15 is 0 Å². The molecule has 0 aliphatic carbocycles. The van der Waals surface area contributed by atoms with E-state index in [1.165, 1.54) is 0 Å². The number of carboxylic acid groups (broad SMARTS) is 3. The van der Waals surface area contributed by atoms with E-state index in [9.17, 15) is 68.4 Å². The number of carbonyl (C=O) groups is 10. The lowest BCUT2D eigenvalue weighted by molar-refractivity contribution is -0.143. The van der Waals surface area contributed by atoms with Crippen molar-refractivity contribution in [3.8, 4) is 0 Å². The van der Waals surface area contributed by atoms with Gasteiger partial charge in [0, 0.05) is 12.8 Å². The first-order chi connectivity index (χ1) is 31.0. The Balaban J connectivity index is 2.31. The van der Waals surface area contributed by atoms with Gasteiger partial charge in [0.2, 0.25) is 35.4 Å². The molecule has 22 heteroatoms. The van der Waals surface area contributed by atoms with Gasteiger partial charge in [-0.1, -0.05) is 88.4 Å². The Hall–Kier alpha value is -6.94. The average molecular weight is 927 g/mol. The van der Waals surface area contributed by atoms with Gasteiger partial charge in [-0.05, 0) is 49.1 Å². The third-order valence-corrected chi connectivity index (χ3v) is 10.0. The van der Waals surface area contributed by atoms with Crippen LogP contribution in [0.15, 0.2) is 60.7 Å². The van der Waals surface area contributed by atoms with Crippen LogP contribution in [-0.2, 0) is 60.8 Å². The van der Waals surface area contributed by atoms with Crippen LogP contribution in [0.4, 0.5) is 0 Å². The highest BCUT2D eigenvalue weighted by atomic mass is 16.4. The van der Waals surface area contributed by atoms with Gasteiger partial charge in [-0.2, -0.15) is 0 Å². The molecule has 7 amide bonds. The number of aliphatic hydroxyl groups excluding tert-OH is 1. The molecule has 0 heterocycles. The molecule has 0 saturated heterocycles. The number of nitrogens with one attached hydrogen (secondary N) is 7. The zero-order chi connectivity index (χ0) is 49.7. The van der Waals surface area contributed by atoms with Crippen LogP contribution >= 0.6 is 0 Å². The third kappa shape index (κ3) is 19.4. The van der Waals surface area contributed by atoms with Crippen LogP contribution in [0.2, 0.25) is 0 Å². The smallest absolute Gasteiger partial charge is 0.326 e. The van der Waals surface area contributed by atoms with Crippen LogP contribution in [0.25, 0.3) is 0 Å². The van der Waals surface area contributed by atoms with E-state index in [0.29, 0.717) is 11.1 Å². The van der Waals surface area contributed by atoms with Gasteiger partial charge >= 0.3 is 17.9 Å². The molecule has 66 heavy (non-hydrogen) atoms. The third-order valence-electron chi connectivity index (χ3n) is 10.0. The number of carboxylic acids is 3. The van der Waals surface area contributed by atoms with Crippen LogP contribution < -0.4 is 43.0 Å². The first kappa shape index (κ1) is 55.2. The number of carbonyl (C=O) groups excluding carboxylic acids is 7. The van der Waals surface area contributed by atoms with E-state index in [4.69, 9.17) is 5.73 Å². The predicted molar refractivity (Wildman–Crippen MR) is 236 cm³/mol. The summed E-state index contributed by atoms with van der Waals surface area (Å²) in [7, 11) is 0. The van der Waals surface area contributed by atoms with Gasteiger partial charge in [0.15, 0.2) is 6.10 Å². The van der Waals surface area contributed by atoms with E-state index in [0.717, 1.165) is 6.92 Å². The molecule has 8 atom stereocenters. The lowest BCUT2D eigenvalue weighted by Crippen LogP contribution is -2.61. The molecule has 0 spiro atoms. The van der Waals surface area contributed by atoms with Crippen molar-refractivity contribution in [1.82, 2.24) is 37.2 Å². The number of rotatable bonds is 28. The normalized spacial score (nSPS) is 14.7. The number of aliphatic carboxylic acids is 3. The largest absolute Gasteiger partial charge is 0.481 e. The molecule has 0 bridgehead atoms. The van der Waals surface area contributed by atoms with Crippen molar-refractivity contribution < 1.29 is 68.4 Å². The minimum Gasteiger partial charge on any atom is -0.481 e. The van der Waals surface area contributed by atoms with Crippen LogP contribution in [0, 0.1) is 11.8 Å². The second kappa shape index (κ2) is 27.4. The molecule has 2 aromatic carbocycles. The van der Waals surface area contributed by atoms with Crippen molar-refractivity contribution in [3.63, 3.8) is 0 Å². The van der Waals surface area contributed by atoms with Gasteiger partial charge in [-0.25, -0.2) is 4.79 Å². The molecule has 0 fully saturated rings. The summed E-state index contributed by atoms with van der Waals surface area (Å²) in [5.74, 6) is -11.7. The topological polar surface area (TPSA) is 362 Å². The Morgan fingerprint density at radius 2 is 1.05 bits per heavy atom. The molecule has 0 aliphatic heterocycles. The van der Waals surface area contributed by atoms with Crippen molar-refractivity contribution in [3.05, 3.63) is 71.8 Å². The molecule has 0 radical (unpaired) electrons. The summed E-state index contributed by atoms with van der Waals surface area (Å²) in [5.41, 5.74) is 6.51. The fourth-order valence-electron chi connectivity index (χ4n) is 6.48. The van der Waals surface area contributed by atoms with Gasteiger partial charge < -0.3 is 63.4 Å². The van der Waals surface area contributed by atoms with E-state index in [2.05, 4.69) is 37.2 Å². The molecular formula is C44H62N8O14. The number of nitrogens with two attached hydrogens (primary N) is 1. The van der Waals surface area contributed by atoms with Gasteiger partial charge in [-0.15, -0.1) is 0 Å². The van der Waals surface area contributed by atoms with Gasteiger partial charge in [0.1, 0.15) is 36.3 Å². The summed E-state index contributed by atoms with van der Waals surface area (Å²) >= 11 is 0. The summed E-state index contributed by atoms with van der Waals surface area (Å²) in [6, 6.07) is 6.28. The highest BCUT2D eigenvalue weighted by molar-refractivity contribution is 5.97. The van der Waals surface area contributed by atoms with Gasteiger partial charge in [0.25, 0.3) is 5.91 Å². The zero-order valence-electron chi connectivity index (χ0n) is 37.4. The molecular weight excluding hydrogens is 865 g/mol. The van der Waals surface area contributed by atoms with Crippen molar-refractivity contribution >= 4 is 59.3 Å². The molecule has 2 rings (SSSR count). The first-order valence-corrected chi connectivity index (χ1v) is 21.3. The zero-order valence-corrected chi connectivity index (χ0v) is 37.4. The minimum atomic E-state index is -2.15. The number of aliphatic hydroxyl groups is 1. The van der Waals surface area contributed by atoms with Crippen LogP contribution in [0.5, 0.6) is 0 Å². The molecule has 0 unspecified atom stereocenters. The number of hydrogen-bond donors (Lipinski definition) is 12. The Morgan fingerprint density at radius 1 is 0.545 bits per heavy atom. The fraction of sp³-hybridized carbons (Fsp3) is 0.500. The Labute approximate surface area is 381 Å². The maximum absolute atomic E-state index is 13.9. The number of benzene rings is 2. The second-order valence-corrected chi connectivity index (χ2v) is 16.4. The highest BCUT2D eigenvalue weighted by Crippen LogP contribution is 2.13. The quantitative estimate of drug-likeness (QED) is 0.0454. The monoisotopic (exact) mass is 926 g/mol. The average Bonchev–Trinajstić information content (AvgIpc) is 3.25. The maximum Gasteiger partial charge on any atom is 0.326 e. The molecule has 0 aromatic heterocycles. The van der Waals surface area contributed by atoms with Crippen molar-refractivity contribution in [2.45, 2.75) is 122 Å². The first-order valence-electron chi connectivity index (χ1n) is 21.3. The van der Waals surface area contributed by atoms with E-state index in [1.807, 2.05) is 0 Å². The number of hydrogen-bond acceptors (Lipinski definition) is 12. The summed E-state index contributed by atoms with van der Waals surface area (Å²) in [6.07, 6.45) is -4.56. The van der Waals surface area contributed by atoms with Crippen molar-refractivity contribution in [1.29, 1.82) is 0 Å². The summed E-state index contributed by atoms with van der Waals surface area (Å²) in [6.45, 7) is 7.66.